The molecule has 2 aromatic carbocycles. The van der Waals surface area contributed by atoms with Crippen LogP contribution in [0.5, 0.6) is 23.0 Å². The van der Waals surface area contributed by atoms with Crippen molar-refractivity contribution < 1.29 is 59.5 Å². The number of hydrogen-bond donors (Lipinski definition) is 7. The first-order valence-corrected chi connectivity index (χ1v) is 9.86. The van der Waals surface area contributed by atoms with Crippen molar-refractivity contribution in [3.8, 4) is 23.0 Å². The topological polar surface area (TPSA) is 203 Å². The van der Waals surface area contributed by atoms with Crippen LogP contribution in [0.1, 0.15) is 15.9 Å². The minimum absolute atomic E-state index is 0.0539. The summed E-state index contributed by atoms with van der Waals surface area (Å²) in [6.07, 6.45) is -6.10. The molecule has 34 heavy (non-hydrogen) atoms. The van der Waals surface area contributed by atoms with E-state index in [0.717, 1.165) is 18.2 Å². The van der Waals surface area contributed by atoms with Gasteiger partial charge in [-0.25, -0.2) is 9.59 Å². The maximum Gasteiger partial charge on any atom is 0.340 e. The lowest BCUT2D eigenvalue weighted by molar-refractivity contribution is -0.285. The van der Waals surface area contributed by atoms with Gasteiger partial charge in [-0.15, -0.1) is 0 Å². The molecule has 182 valence electrons. The monoisotopic (exact) mass is 478 g/mol. The van der Waals surface area contributed by atoms with Gasteiger partial charge in [0.25, 0.3) is 0 Å². The first kappa shape index (κ1) is 24.8. The van der Waals surface area contributed by atoms with Crippen molar-refractivity contribution in [1.29, 1.82) is 0 Å². The van der Waals surface area contributed by atoms with Gasteiger partial charge >= 0.3 is 11.9 Å². The van der Waals surface area contributed by atoms with Crippen LogP contribution < -0.4 is 0 Å². The Hall–Kier alpha value is -3.84. The molecule has 1 heterocycles. The summed E-state index contributed by atoms with van der Waals surface area (Å²) in [5.74, 6) is -4.45. The van der Waals surface area contributed by atoms with Crippen LogP contribution in [-0.2, 0) is 19.0 Å². The van der Waals surface area contributed by atoms with Gasteiger partial charge in [0.05, 0.1) is 5.56 Å². The third-order valence-electron chi connectivity index (χ3n) is 4.89. The fourth-order valence-electron chi connectivity index (χ4n) is 3.01. The number of benzene rings is 2. The van der Waals surface area contributed by atoms with E-state index in [0.29, 0.717) is 5.56 Å². The number of phenols is 4. The fraction of sp³-hybridized carbons (Fsp3) is 0.273. The van der Waals surface area contributed by atoms with Crippen LogP contribution in [0.4, 0.5) is 0 Å². The van der Waals surface area contributed by atoms with Gasteiger partial charge in [0.2, 0.25) is 6.29 Å². The largest absolute Gasteiger partial charge is 0.508 e. The number of esters is 2. The molecule has 0 aliphatic carbocycles. The molecule has 1 fully saturated rings. The SMILES string of the molecule is O=C(/C=C/c1ccc(O)cc1)OC[C@@H]1O[C@@H](OC(=O)c2cc(O)c(O)c(O)c2)[C@@H](O)[C@H](O)[C@H]1O. The van der Waals surface area contributed by atoms with Crippen molar-refractivity contribution in [2.24, 2.45) is 0 Å². The van der Waals surface area contributed by atoms with E-state index < -0.39 is 72.1 Å². The van der Waals surface area contributed by atoms with E-state index in [-0.39, 0.29) is 5.75 Å². The van der Waals surface area contributed by atoms with E-state index in [9.17, 15) is 45.3 Å². The summed E-state index contributed by atoms with van der Waals surface area (Å²) in [6, 6.07) is 7.53. The summed E-state index contributed by atoms with van der Waals surface area (Å²) in [5, 5.41) is 67.9. The van der Waals surface area contributed by atoms with E-state index in [2.05, 4.69) is 0 Å². The number of ether oxygens (including phenoxy) is 3. The van der Waals surface area contributed by atoms with Crippen molar-refractivity contribution in [3.05, 3.63) is 53.6 Å². The third kappa shape index (κ3) is 5.74. The molecule has 0 amide bonds. The zero-order valence-corrected chi connectivity index (χ0v) is 17.4. The number of carbonyl (C=O) groups is 2. The maximum atomic E-state index is 12.3. The summed E-state index contributed by atoms with van der Waals surface area (Å²) in [5.41, 5.74) is 0.187. The fourth-order valence-corrected chi connectivity index (χ4v) is 3.01. The second kappa shape index (κ2) is 10.4. The molecule has 2 aromatic rings. The molecule has 12 nitrogen and oxygen atoms in total. The molecule has 0 saturated carbocycles. The van der Waals surface area contributed by atoms with E-state index in [1.807, 2.05) is 0 Å². The third-order valence-corrected chi connectivity index (χ3v) is 4.89. The lowest BCUT2D eigenvalue weighted by atomic mass is 9.99. The van der Waals surface area contributed by atoms with Crippen LogP contribution in [-0.4, -0.2) is 85.0 Å². The molecule has 0 unspecified atom stereocenters. The highest BCUT2D eigenvalue weighted by Crippen LogP contribution is 2.36. The number of hydrogen-bond acceptors (Lipinski definition) is 12. The Bertz CT molecular complexity index is 1040. The molecule has 0 aromatic heterocycles. The quantitative estimate of drug-likeness (QED) is 0.163. The highest BCUT2D eigenvalue weighted by atomic mass is 16.7. The molecule has 0 bridgehead atoms. The molecule has 1 saturated heterocycles. The first-order valence-electron chi connectivity index (χ1n) is 9.86. The molecule has 1 aliphatic rings. The molecule has 0 spiro atoms. The highest BCUT2D eigenvalue weighted by molar-refractivity contribution is 5.91. The summed E-state index contributed by atoms with van der Waals surface area (Å²) in [4.78, 5) is 24.3. The Kier molecular flexibility index (Phi) is 7.58. The van der Waals surface area contributed by atoms with Gasteiger partial charge < -0.3 is 50.0 Å². The van der Waals surface area contributed by atoms with Gasteiger partial charge in [0.15, 0.2) is 17.2 Å². The van der Waals surface area contributed by atoms with Crippen LogP contribution in [0, 0.1) is 0 Å². The predicted molar refractivity (Wildman–Crippen MR) is 112 cm³/mol. The van der Waals surface area contributed by atoms with Crippen LogP contribution in [0.15, 0.2) is 42.5 Å². The van der Waals surface area contributed by atoms with Crippen molar-refractivity contribution >= 4 is 18.0 Å². The molecule has 5 atom stereocenters. The molecule has 12 heteroatoms. The van der Waals surface area contributed by atoms with Crippen LogP contribution >= 0.6 is 0 Å². The number of carbonyl (C=O) groups excluding carboxylic acids is 2. The Balaban J connectivity index is 1.62. The van der Waals surface area contributed by atoms with Crippen molar-refractivity contribution in [1.82, 2.24) is 0 Å². The highest BCUT2D eigenvalue weighted by Gasteiger charge is 2.46. The summed E-state index contributed by atoms with van der Waals surface area (Å²) >= 11 is 0. The van der Waals surface area contributed by atoms with Gasteiger partial charge in [0.1, 0.15) is 36.8 Å². The molecule has 0 radical (unpaired) electrons. The van der Waals surface area contributed by atoms with Gasteiger partial charge in [-0.3, -0.25) is 0 Å². The number of rotatable bonds is 6. The Labute approximate surface area is 192 Å². The minimum atomic E-state index is -1.88. The average molecular weight is 478 g/mol. The Morgan fingerprint density at radius 1 is 0.912 bits per heavy atom. The van der Waals surface area contributed by atoms with Crippen LogP contribution in [0.3, 0.4) is 0 Å². The number of phenolic OH excluding ortho intramolecular Hbond substituents is 4. The number of aliphatic hydroxyl groups excluding tert-OH is 3. The van der Waals surface area contributed by atoms with E-state index in [1.165, 1.54) is 18.2 Å². The lowest BCUT2D eigenvalue weighted by Gasteiger charge is -2.39. The van der Waals surface area contributed by atoms with E-state index >= 15 is 0 Å². The summed E-state index contributed by atoms with van der Waals surface area (Å²) in [7, 11) is 0. The van der Waals surface area contributed by atoms with E-state index in [4.69, 9.17) is 14.2 Å². The minimum Gasteiger partial charge on any atom is -0.508 e. The van der Waals surface area contributed by atoms with Crippen LogP contribution in [0.2, 0.25) is 0 Å². The first-order chi connectivity index (χ1) is 16.1. The van der Waals surface area contributed by atoms with Gasteiger partial charge in [-0.1, -0.05) is 12.1 Å². The normalized spacial score (nSPS) is 24.6. The lowest BCUT2D eigenvalue weighted by Crippen LogP contribution is -2.59. The number of aromatic hydroxyl groups is 4. The van der Waals surface area contributed by atoms with Gasteiger partial charge in [-0.05, 0) is 35.9 Å². The van der Waals surface area contributed by atoms with Crippen molar-refractivity contribution in [2.45, 2.75) is 30.7 Å². The van der Waals surface area contributed by atoms with Crippen molar-refractivity contribution in [2.75, 3.05) is 6.61 Å². The van der Waals surface area contributed by atoms with E-state index in [1.54, 1.807) is 12.1 Å². The Morgan fingerprint density at radius 2 is 1.53 bits per heavy atom. The van der Waals surface area contributed by atoms with Gasteiger partial charge in [0, 0.05) is 6.08 Å². The van der Waals surface area contributed by atoms with Crippen LogP contribution in [0.25, 0.3) is 6.08 Å². The summed E-state index contributed by atoms with van der Waals surface area (Å²) < 4.78 is 15.2. The second-order valence-corrected chi connectivity index (χ2v) is 7.34. The predicted octanol–water partition coefficient (Wildman–Crippen LogP) is -0.270. The zero-order valence-electron chi connectivity index (χ0n) is 17.4. The smallest absolute Gasteiger partial charge is 0.340 e. The second-order valence-electron chi connectivity index (χ2n) is 7.34. The maximum absolute atomic E-state index is 12.3. The van der Waals surface area contributed by atoms with Gasteiger partial charge in [-0.2, -0.15) is 0 Å². The molecule has 7 N–H and O–H groups in total. The zero-order chi connectivity index (χ0) is 25.0. The molecule has 1 aliphatic heterocycles. The summed E-state index contributed by atoms with van der Waals surface area (Å²) in [6.45, 7) is -0.571. The molecule has 3 rings (SSSR count). The Morgan fingerprint density at radius 3 is 2.15 bits per heavy atom. The standard InChI is InChI=1S/C22H22O12/c23-12-4-1-10(2-5-12)3-6-16(26)32-9-15-18(28)19(29)20(30)22(33-15)34-21(31)11-7-13(24)17(27)14(25)8-11/h1-8,15,18-20,22-25,27-30H,9H2/b6-3+/t15-,18-,19+,20-,22-/m0/s1. The number of aliphatic hydroxyl groups is 3. The average Bonchev–Trinajstić information content (AvgIpc) is 2.81. The molecular weight excluding hydrogens is 456 g/mol. The van der Waals surface area contributed by atoms with Crippen molar-refractivity contribution in [3.63, 3.8) is 0 Å². The molecular formula is C22H22O12.